The summed E-state index contributed by atoms with van der Waals surface area (Å²) in [6, 6.07) is 11.3. The first kappa shape index (κ1) is 36.0. The number of anilines is 2. The van der Waals surface area contributed by atoms with Gasteiger partial charge in [-0.3, -0.25) is 14.4 Å². The molecule has 3 aromatic rings. The van der Waals surface area contributed by atoms with Crippen LogP contribution in [0, 0.1) is 0 Å². The third-order valence-electron chi connectivity index (χ3n) is 6.24. The van der Waals surface area contributed by atoms with Crippen LogP contribution in [0.25, 0.3) is 0 Å². The van der Waals surface area contributed by atoms with Crippen molar-refractivity contribution >= 4 is 91.5 Å². The first-order chi connectivity index (χ1) is 21.2. The number of sulfone groups is 1. The van der Waals surface area contributed by atoms with Crippen molar-refractivity contribution in [3.05, 3.63) is 75.2 Å². The number of methoxy groups -OCH3 is 1. The van der Waals surface area contributed by atoms with Gasteiger partial charge < -0.3 is 25.8 Å². The van der Waals surface area contributed by atoms with Crippen molar-refractivity contribution in [2.75, 3.05) is 23.5 Å². The van der Waals surface area contributed by atoms with Crippen molar-refractivity contribution in [2.24, 2.45) is 0 Å². The van der Waals surface area contributed by atoms with Gasteiger partial charge >= 0.3 is 5.97 Å². The Morgan fingerprint density at radius 2 is 1.58 bits per heavy atom. The number of halogens is 3. The Hall–Kier alpha value is -3.49. The van der Waals surface area contributed by atoms with Crippen LogP contribution in [0.4, 0.5) is 11.4 Å². The van der Waals surface area contributed by atoms with Gasteiger partial charge in [0.25, 0.3) is 5.91 Å². The lowest BCUT2D eigenvalue weighted by molar-refractivity contribution is -0.144. The van der Waals surface area contributed by atoms with E-state index >= 15 is 0 Å². The smallest absolute Gasteiger partial charge is 0.329 e. The highest BCUT2D eigenvalue weighted by Gasteiger charge is 2.33. The SMILES string of the molecule is CCC(C(=O)Nc1cc(O)c(NC(=O)c2ccc(Cl)c(Cl)c2)cc1Cl)S(=O)(=O)c1ccc(SCC(NC(C)=O)C(=O)OC)cc1. The van der Waals surface area contributed by atoms with Crippen molar-refractivity contribution in [1.82, 2.24) is 5.32 Å². The molecule has 0 saturated carbocycles. The first-order valence-corrected chi connectivity index (χ1v) is 16.8. The number of amides is 3. The number of ether oxygens (including phenoxy) is 1. The van der Waals surface area contributed by atoms with Gasteiger partial charge in [-0.2, -0.15) is 0 Å². The summed E-state index contributed by atoms with van der Waals surface area (Å²) in [6.07, 6.45) is -0.0798. The Bertz CT molecular complexity index is 1720. The lowest BCUT2D eigenvalue weighted by Crippen LogP contribution is -2.42. The van der Waals surface area contributed by atoms with E-state index in [-0.39, 0.29) is 49.1 Å². The number of nitrogens with one attached hydrogen (secondary N) is 3. The minimum atomic E-state index is -4.17. The summed E-state index contributed by atoms with van der Waals surface area (Å²) in [4.78, 5) is 49.6. The fourth-order valence-electron chi connectivity index (χ4n) is 3.97. The first-order valence-electron chi connectivity index (χ1n) is 13.1. The summed E-state index contributed by atoms with van der Waals surface area (Å²) in [6.45, 7) is 2.80. The standard InChI is InChI=1S/C29H28Cl3N3O8S2/c1-4-26(45(41,42)18-8-6-17(7-9-18)44-14-24(29(40)43-3)33-15(2)36)28(39)34-22-13-25(37)23(12-21(22)32)35-27(38)16-5-10-19(30)20(31)11-16/h5-13,24,26,37H,4,14H2,1-3H3,(H,33,36)(H,34,39)(H,35,38). The number of aromatic hydroxyl groups is 1. The Morgan fingerprint density at radius 3 is 2.16 bits per heavy atom. The second kappa shape index (κ2) is 15.7. The van der Waals surface area contributed by atoms with Gasteiger partial charge in [-0.25, -0.2) is 13.2 Å². The van der Waals surface area contributed by atoms with E-state index in [4.69, 9.17) is 39.5 Å². The van der Waals surface area contributed by atoms with Crippen molar-refractivity contribution < 1.29 is 37.4 Å². The normalized spacial score (nSPS) is 12.5. The van der Waals surface area contributed by atoms with Gasteiger partial charge in [-0.05, 0) is 55.0 Å². The van der Waals surface area contributed by atoms with Gasteiger partial charge in [0.2, 0.25) is 11.8 Å². The fourth-order valence-corrected chi connectivity index (χ4v) is 7.01. The molecule has 0 aliphatic rings. The summed E-state index contributed by atoms with van der Waals surface area (Å²) in [5, 5.41) is 16.8. The Morgan fingerprint density at radius 1 is 0.911 bits per heavy atom. The number of esters is 1. The molecule has 3 rings (SSSR count). The Kier molecular flexibility index (Phi) is 12.5. The molecule has 0 aliphatic heterocycles. The average molecular weight is 717 g/mol. The monoisotopic (exact) mass is 715 g/mol. The molecule has 0 bridgehead atoms. The molecule has 2 unspecified atom stereocenters. The summed E-state index contributed by atoms with van der Waals surface area (Å²) >= 11 is 19.3. The molecular formula is C29H28Cl3N3O8S2. The summed E-state index contributed by atoms with van der Waals surface area (Å²) in [5.41, 5.74) is 0.0170. The van der Waals surface area contributed by atoms with Gasteiger partial charge in [-0.1, -0.05) is 41.7 Å². The maximum absolute atomic E-state index is 13.4. The van der Waals surface area contributed by atoms with Crippen molar-refractivity contribution in [1.29, 1.82) is 0 Å². The van der Waals surface area contributed by atoms with Crippen LogP contribution >= 0.6 is 46.6 Å². The minimum absolute atomic E-state index is 0.0679. The third kappa shape index (κ3) is 9.27. The highest BCUT2D eigenvalue weighted by Crippen LogP contribution is 2.35. The van der Waals surface area contributed by atoms with E-state index in [0.29, 0.717) is 4.90 Å². The number of phenolic OH excluding ortho intramolecular Hbond substituents is 1. The highest BCUT2D eigenvalue weighted by molar-refractivity contribution is 7.99. The van der Waals surface area contributed by atoms with E-state index in [1.807, 2.05) is 0 Å². The molecule has 0 aliphatic carbocycles. The molecule has 16 heteroatoms. The molecule has 0 aromatic heterocycles. The summed E-state index contributed by atoms with van der Waals surface area (Å²) in [7, 11) is -2.97. The zero-order chi connectivity index (χ0) is 33.5. The average Bonchev–Trinajstić information content (AvgIpc) is 2.98. The Labute approximate surface area is 278 Å². The second-order valence-corrected chi connectivity index (χ2v) is 13.9. The number of phenols is 1. The number of carbonyl (C=O) groups is 4. The second-order valence-electron chi connectivity index (χ2n) is 9.42. The number of thioether (sulfide) groups is 1. The molecule has 0 spiro atoms. The van der Waals surface area contributed by atoms with Crippen LogP contribution in [-0.4, -0.2) is 61.4 Å². The van der Waals surface area contributed by atoms with E-state index in [9.17, 15) is 32.7 Å². The predicted molar refractivity (Wildman–Crippen MR) is 174 cm³/mol. The molecule has 3 aromatic carbocycles. The van der Waals surface area contributed by atoms with E-state index in [1.165, 1.54) is 81.3 Å². The number of carbonyl (C=O) groups excluding carboxylic acids is 4. The predicted octanol–water partition coefficient (Wildman–Crippen LogP) is 5.57. The summed E-state index contributed by atoms with van der Waals surface area (Å²) in [5.74, 6) is -2.83. The maximum atomic E-state index is 13.4. The van der Waals surface area contributed by atoms with Gasteiger partial charge in [0, 0.05) is 29.2 Å². The lowest BCUT2D eigenvalue weighted by atomic mass is 10.2. The van der Waals surface area contributed by atoms with E-state index < -0.39 is 50.6 Å². The zero-order valence-electron chi connectivity index (χ0n) is 24.0. The van der Waals surface area contributed by atoms with Crippen molar-refractivity contribution in [3.8, 4) is 5.75 Å². The quantitative estimate of drug-likeness (QED) is 0.107. The topological polar surface area (TPSA) is 168 Å². The van der Waals surface area contributed by atoms with Gasteiger partial charge in [0.05, 0.1) is 38.4 Å². The van der Waals surface area contributed by atoms with Gasteiger partial charge in [-0.15, -0.1) is 11.8 Å². The van der Waals surface area contributed by atoms with Crippen LogP contribution in [-0.2, 0) is 29.0 Å². The molecule has 2 atom stereocenters. The number of benzene rings is 3. The molecule has 240 valence electrons. The fraction of sp³-hybridized carbons (Fsp3) is 0.241. The summed E-state index contributed by atoms with van der Waals surface area (Å²) < 4.78 is 31.5. The van der Waals surface area contributed by atoms with Crippen molar-refractivity contribution in [2.45, 2.75) is 41.4 Å². The molecule has 3 amide bonds. The van der Waals surface area contributed by atoms with E-state index in [1.54, 1.807) is 0 Å². The minimum Gasteiger partial charge on any atom is -0.506 e. The molecule has 0 radical (unpaired) electrons. The third-order valence-corrected chi connectivity index (χ3v) is 10.6. The molecule has 0 fully saturated rings. The van der Waals surface area contributed by atoms with Crippen LogP contribution in [0.5, 0.6) is 5.75 Å². The zero-order valence-corrected chi connectivity index (χ0v) is 27.9. The molecule has 0 saturated heterocycles. The molecule has 11 nitrogen and oxygen atoms in total. The van der Waals surface area contributed by atoms with E-state index in [2.05, 4.69) is 16.0 Å². The van der Waals surface area contributed by atoms with Gasteiger partial charge in [0.15, 0.2) is 9.84 Å². The van der Waals surface area contributed by atoms with Crippen LogP contribution in [0.2, 0.25) is 15.1 Å². The van der Waals surface area contributed by atoms with Crippen LogP contribution < -0.4 is 16.0 Å². The largest absolute Gasteiger partial charge is 0.506 e. The molecule has 0 heterocycles. The van der Waals surface area contributed by atoms with E-state index in [0.717, 1.165) is 6.07 Å². The maximum Gasteiger partial charge on any atom is 0.329 e. The van der Waals surface area contributed by atoms with Crippen molar-refractivity contribution in [3.63, 3.8) is 0 Å². The number of rotatable bonds is 12. The molecule has 45 heavy (non-hydrogen) atoms. The molecular weight excluding hydrogens is 689 g/mol. The molecule has 4 N–H and O–H groups in total. The van der Waals surface area contributed by atoms with Crippen LogP contribution in [0.1, 0.15) is 30.6 Å². The Balaban J connectivity index is 1.72. The number of hydrogen-bond donors (Lipinski definition) is 4. The van der Waals surface area contributed by atoms with Crippen LogP contribution in [0.3, 0.4) is 0 Å². The van der Waals surface area contributed by atoms with Gasteiger partial charge in [0.1, 0.15) is 17.0 Å². The lowest BCUT2D eigenvalue weighted by Gasteiger charge is -2.18. The van der Waals surface area contributed by atoms with Crippen LogP contribution in [0.15, 0.2) is 64.4 Å². The highest BCUT2D eigenvalue weighted by atomic mass is 35.5. The number of hydrogen-bond acceptors (Lipinski definition) is 9.